The second-order valence-electron chi connectivity index (χ2n) is 4.43. The highest BCUT2D eigenvalue weighted by atomic mass is 35.5. The number of nitrogens with one attached hydrogen (secondary N) is 1. The summed E-state index contributed by atoms with van der Waals surface area (Å²) < 4.78 is 0.796. The van der Waals surface area contributed by atoms with Gasteiger partial charge in [-0.25, -0.2) is 4.98 Å². The van der Waals surface area contributed by atoms with Gasteiger partial charge in [-0.2, -0.15) is 5.26 Å². The summed E-state index contributed by atoms with van der Waals surface area (Å²) in [5.41, 5.74) is 1.29. The summed E-state index contributed by atoms with van der Waals surface area (Å²) in [7, 11) is 0. The molecule has 1 amide bonds. The first-order valence-corrected chi connectivity index (χ1v) is 7.37. The molecule has 0 aliphatic heterocycles. The average molecular weight is 330 g/mol. The Morgan fingerprint density at radius 2 is 2.14 bits per heavy atom. The monoisotopic (exact) mass is 329 g/mol. The van der Waals surface area contributed by atoms with E-state index in [1.54, 1.807) is 18.2 Å². The van der Waals surface area contributed by atoms with E-state index in [1.807, 2.05) is 0 Å². The normalized spacial score (nSPS) is 10.4. The molecule has 22 heavy (non-hydrogen) atoms. The van der Waals surface area contributed by atoms with Crippen LogP contribution in [-0.4, -0.2) is 16.0 Å². The van der Waals surface area contributed by atoms with Gasteiger partial charge in [-0.15, -0.1) is 0 Å². The number of hydrogen-bond donors (Lipinski definition) is 2. The van der Waals surface area contributed by atoms with Crippen molar-refractivity contribution in [2.24, 2.45) is 0 Å². The summed E-state index contributed by atoms with van der Waals surface area (Å²) in [5, 5.41) is 22.0. The maximum absolute atomic E-state index is 12.2. The number of halogens is 1. The molecule has 0 spiro atoms. The van der Waals surface area contributed by atoms with E-state index in [0.717, 1.165) is 4.70 Å². The maximum atomic E-state index is 12.2. The largest absolute Gasteiger partial charge is 0.507 e. The molecule has 0 saturated heterocycles. The van der Waals surface area contributed by atoms with Gasteiger partial charge in [0.05, 0.1) is 27.4 Å². The highest BCUT2D eigenvalue weighted by molar-refractivity contribution is 7.22. The quantitative estimate of drug-likeness (QED) is 0.749. The molecule has 3 aromatic rings. The topological polar surface area (TPSA) is 86.0 Å². The molecule has 2 aromatic carbocycles. The van der Waals surface area contributed by atoms with Crippen molar-refractivity contribution in [3.63, 3.8) is 0 Å². The molecule has 2 N–H and O–H groups in total. The fourth-order valence-corrected chi connectivity index (χ4v) is 2.97. The predicted octanol–water partition coefficient (Wildman–Crippen LogP) is 3.78. The number of carbonyl (C=O) groups excluding carboxylic acids is 1. The fourth-order valence-electron chi connectivity index (χ4n) is 1.90. The van der Waals surface area contributed by atoms with Crippen LogP contribution in [0.25, 0.3) is 10.2 Å². The van der Waals surface area contributed by atoms with Gasteiger partial charge < -0.3 is 5.11 Å². The van der Waals surface area contributed by atoms with Crippen LogP contribution in [-0.2, 0) is 0 Å². The van der Waals surface area contributed by atoms with Crippen molar-refractivity contribution >= 4 is 44.2 Å². The molecule has 0 aliphatic carbocycles. The predicted molar refractivity (Wildman–Crippen MR) is 85.4 cm³/mol. The lowest BCUT2D eigenvalue weighted by molar-refractivity contribution is 0.102. The molecule has 7 heteroatoms. The second kappa shape index (κ2) is 5.64. The van der Waals surface area contributed by atoms with Crippen LogP contribution in [0.15, 0.2) is 36.4 Å². The van der Waals surface area contributed by atoms with Gasteiger partial charge in [0.25, 0.3) is 5.91 Å². The number of fused-ring (bicyclic) bond motifs is 1. The van der Waals surface area contributed by atoms with E-state index in [2.05, 4.69) is 16.4 Å². The number of anilines is 1. The molecule has 0 bridgehead atoms. The molecule has 0 fully saturated rings. The van der Waals surface area contributed by atoms with Crippen molar-refractivity contribution in [2.75, 3.05) is 5.32 Å². The third kappa shape index (κ3) is 2.72. The van der Waals surface area contributed by atoms with E-state index in [1.165, 1.54) is 29.5 Å². The third-order valence-electron chi connectivity index (χ3n) is 2.94. The van der Waals surface area contributed by atoms with Gasteiger partial charge in [0.2, 0.25) is 0 Å². The number of carbonyl (C=O) groups is 1. The fraction of sp³-hybridized carbons (Fsp3) is 0. The number of aromatic nitrogens is 1. The Morgan fingerprint density at radius 3 is 2.91 bits per heavy atom. The molecule has 0 atom stereocenters. The summed E-state index contributed by atoms with van der Waals surface area (Å²) in [6.07, 6.45) is 0. The van der Waals surface area contributed by atoms with Crippen LogP contribution >= 0.6 is 22.9 Å². The minimum atomic E-state index is -0.500. The Labute approximate surface area is 134 Å². The van der Waals surface area contributed by atoms with E-state index >= 15 is 0 Å². The van der Waals surface area contributed by atoms with E-state index < -0.39 is 5.91 Å². The lowest BCUT2D eigenvalue weighted by Gasteiger charge is -2.04. The Bertz CT molecular complexity index is 930. The average Bonchev–Trinajstić information content (AvgIpc) is 2.90. The molecule has 0 saturated carbocycles. The highest BCUT2D eigenvalue weighted by Gasteiger charge is 2.14. The van der Waals surface area contributed by atoms with Crippen LogP contribution in [0.5, 0.6) is 5.75 Å². The van der Waals surface area contributed by atoms with Crippen LogP contribution in [0.3, 0.4) is 0 Å². The van der Waals surface area contributed by atoms with Crippen molar-refractivity contribution < 1.29 is 9.90 Å². The van der Waals surface area contributed by atoms with Crippen LogP contribution in [0.4, 0.5) is 5.13 Å². The van der Waals surface area contributed by atoms with Crippen LogP contribution in [0, 0.1) is 11.3 Å². The molecule has 0 radical (unpaired) electrons. The zero-order valence-electron chi connectivity index (χ0n) is 11.0. The first-order chi connectivity index (χ1) is 10.6. The van der Waals surface area contributed by atoms with Gasteiger partial charge >= 0.3 is 0 Å². The van der Waals surface area contributed by atoms with Gasteiger partial charge in [-0.1, -0.05) is 22.9 Å². The molecule has 108 valence electrons. The summed E-state index contributed by atoms with van der Waals surface area (Å²) in [5.74, 6) is -0.658. The maximum Gasteiger partial charge on any atom is 0.261 e. The highest BCUT2D eigenvalue weighted by Crippen LogP contribution is 2.28. The number of hydrogen-bond acceptors (Lipinski definition) is 5. The molecule has 1 aromatic heterocycles. The van der Waals surface area contributed by atoms with E-state index in [9.17, 15) is 9.90 Å². The minimum Gasteiger partial charge on any atom is -0.507 e. The van der Waals surface area contributed by atoms with Crippen molar-refractivity contribution in [2.45, 2.75) is 0 Å². The van der Waals surface area contributed by atoms with Crippen molar-refractivity contribution in [1.82, 2.24) is 4.98 Å². The van der Waals surface area contributed by atoms with Crippen LogP contribution in [0.1, 0.15) is 15.9 Å². The third-order valence-corrected chi connectivity index (χ3v) is 4.11. The standard InChI is InChI=1S/C15H8ClN3O2S/c16-9-2-4-12(20)10(6-9)14(21)19-15-18-11-3-1-8(7-17)5-13(11)22-15/h1-6,20H,(H,18,19,21). The molecule has 1 heterocycles. The minimum absolute atomic E-state index is 0.0736. The number of benzene rings is 2. The SMILES string of the molecule is N#Cc1ccc2nc(NC(=O)c3cc(Cl)ccc3O)sc2c1. The number of aromatic hydroxyl groups is 1. The van der Waals surface area contributed by atoms with Gasteiger partial charge in [0.15, 0.2) is 5.13 Å². The number of nitrogens with zero attached hydrogens (tertiary/aromatic N) is 2. The summed E-state index contributed by atoms with van der Waals surface area (Å²) in [6.45, 7) is 0. The number of nitriles is 1. The summed E-state index contributed by atoms with van der Waals surface area (Å²) >= 11 is 7.08. The van der Waals surface area contributed by atoms with Crippen molar-refractivity contribution in [3.05, 3.63) is 52.5 Å². The van der Waals surface area contributed by atoms with Gasteiger partial charge in [-0.3, -0.25) is 10.1 Å². The number of rotatable bonds is 2. The summed E-state index contributed by atoms with van der Waals surface area (Å²) in [6, 6.07) is 11.4. The molecule has 0 aliphatic rings. The number of amides is 1. The zero-order valence-corrected chi connectivity index (χ0v) is 12.6. The molecule has 3 rings (SSSR count). The van der Waals surface area contributed by atoms with Crippen molar-refractivity contribution in [3.8, 4) is 11.8 Å². The lowest BCUT2D eigenvalue weighted by atomic mass is 10.2. The Balaban J connectivity index is 1.91. The zero-order chi connectivity index (χ0) is 15.7. The Morgan fingerprint density at radius 1 is 1.32 bits per heavy atom. The van der Waals surface area contributed by atoms with E-state index in [0.29, 0.717) is 21.2 Å². The second-order valence-corrected chi connectivity index (χ2v) is 5.90. The molecular weight excluding hydrogens is 322 g/mol. The first-order valence-electron chi connectivity index (χ1n) is 6.17. The van der Waals surface area contributed by atoms with Gasteiger partial charge in [-0.05, 0) is 36.4 Å². The first kappa shape index (κ1) is 14.3. The number of phenolic OH excluding ortho intramolecular Hbond substituents is 1. The van der Waals surface area contributed by atoms with Crippen LogP contribution < -0.4 is 5.32 Å². The lowest BCUT2D eigenvalue weighted by Crippen LogP contribution is -2.11. The number of phenols is 1. The summed E-state index contributed by atoms with van der Waals surface area (Å²) in [4.78, 5) is 16.4. The van der Waals surface area contributed by atoms with Gasteiger partial charge in [0.1, 0.15) is 5.75 Å². The molecule has 5 nitrogen and oxygen atoms in total. The Hall–Kier alpha value is -2.62. The Kier molecular flexibility index (Phi) is 3.67. The van der Waals surface area contributed by atoms with E-state index in [-0.39, 0.29) is 11.3 Å². The number of thiazole rings is 1. The van der Waals surface area contributed by atoms with E-state index in [4.69, 9.17) is 16.9 Å². The molecule has 0 unspecified atom stereocenters. The van der Waals surface area contributed by atoms with Crippen molar-refractivity contribution in [1.29, 1.82) is 5.26 Å². The smallest absolute Gasteiger partial charge is 0.261 e. The van der Waals surface area contributed by atoms with Crippen LogP contribution in [0.2, 0.25) is 5.02 Å². The molecular formula is C15H8ClN3O2S. The van der Waals surface area contributed by atoms with Gasteiger partial charge in [0, 0.05) is 5.02 Å².